The lowest BCUT2D eigenvalue weighted by atomic mass is 10.3. The van der Waals surface area contributed by atoms with E-state index in [2.05, 4.69) is 15.5 Å². The first-order chi connectivity index (χ1) is 14.1. The van der Waals surface area contributed by atoms with Gasteiger partial charge < -0.3 is 24.1 Å². The van der Waals surface area contributed by atoms with E-state index >= 15 is 0 Å². The number of benzene rings is 2. The summed E-state index contributed by atoms with van der Waals surface area (Å²) < 4.78 is 17.8. The first-order valence-corrected chi connectivity index (χ1v) is 9.79. The molecule has 152 valence electrons. The van der Waals surface area contributed by atoms with Crippen LogP contribution in [0, 0.1) is 0 Å². The number of methoxy groups -OCH3 is 2. The number of amides is 1. The summed E-state index contributed by atoms with van der Waals surface area (Å²) in [5, 5.41) is 11.8. The molecule has 0 aliphatic rings. The number of carbonyl (C=O) groups is 1. The molecule has 0 aliphatic heterocycles. The molecule has 0 unspecified atom stereocenters. The maximum absolute atomic E-state index is 12.2. The van der Waals surface area contributed by atoms with Crippen molar-refractivity contribution < 1.29 is 19.0 Å². The molecule has 0 saturated carbocycles. The highest BCUT2D eigenvalue weighted by molar-refractivity contribution is 7.99. The summed E-state index contributed by atoms with van der Waals surface area (Å²) in [6.07, 6.45) is 0. The Hall–Kier alpha value is -3.20. The van der Waals surface area contributed by atoms with Crippen LogP contribution in [0.25, 0.3) is 0 Å². The van der Waals surface area contributed by atoms with Gasteiger partial charge in [0.05, 0.1) is 20.0 Å². The molecule has 1 N–H and O–H groups in total. The van der Waals surface area contributed by atoms with E-state index in [1.807, 2.05) is 29.8 Å². The summed E-state index contributed by atoms with van der Waals surface area (Å²) in [4.78, 5) is 12.2. The summed E-state index contributed by atoms with van der Waals surface area (Å²) >= 11 is 1.31. The normalized spacial score (nSPS) is 10.4. The molecule has 1 amide bonds. The number of hydrogen-bond acceptors (Lipinski definition) is 7. The fourth-order valence-corrected chi connectivity index (χ4v) is 3.17. The molecule has 0 spiro atoms. The van der Waals surface area contributed by atoms with Gasteiger partial charge in [-0.25, -0.2) is 0 Å². The van der Waals surface area contributed by atoms with Gasteiger partial charge in [0.15, 0.2) is 11.0 Å². The molecule has 9 heteroatoms. The Balaban J connectivity index is 1.51. The maximum Gasteiger partial charge on any atom is 0.234 e. The molecule has 0 bridgehead atoms. The van der Waals surface area contributed by atoms with Crippen molar-refractivity contribution in [2.75, 3.05) is 25.3 Å². The highest BCUT2D eigenvalue weighted by atomic mass is 32.2. The van der Waals surface area contributed by atoms with E-state index in [4.69, 9.17) is 14.2 Å². The van der Waals surface area contributed by atoms with Gasteiger partial charge in [0.2, 0.25) is 5.91 Å². The van der Waals surface area contributed by atoms with E-state index in [0.29, 0.717) is 22.4 Å². The van der Waals surface area contributed by atoms with Gasteiger partial charge in [0.1, 0.15) is 23.9 Å². The van der Waals surface area contributed by atoms with E-state index in [-0.39, 0.29) is 18.3 Å². The first kappa shape index (κ1) is 20.5. The van der Waals surface area contributed by atoms with E-state index in [9.17, 15) is 4.79 Å². The fraction of sp³-hybridized carbons (Fsp3) is 0.250. The summed E-state index contributed by atoms with van der Waals surface area (Å²) in [5.74, 6) is 2.89. The molecule has 0 atom stereocenters. The number of carbonyl (C=O) groups excluding carboxylic acids is 1. The van der Waals surface area contributed by atoms with Gasteiger partial charge in [-0.1, -0.05) is 17.8 Å². The topological polar surface area (TPSA) is 87.5 Å². The van der Waals surface area contributed by atoms with Crippen molar-refractivity contribution in [3.63, 3.8) is 0 Å². The quantitative estimate of drug-likeness (QED) is 0.538. The Kier molecular flexibility index (Phi) is 6.96. The van der Waals surface area contributed by atoms with Gasteiger partial charge in [-0.2, -0.15) is 0 Å². The van der Waals surface area contributed by atoms with E-state index in [1.165, 1.54) is 11.8 Å². The zero-order valence-corrected chi connectivity index (χ0v) is 17.2. The van der Waals surface area contributed by atoms with Crippen molar-refractivity contribution in [3.05, 3.63) is 54.4 Å². The smallest absolute Gasteiger partial charge is 0.234 e. The molecule has 0 aliphatic carbocycles. The largest absolute Gasteiger partial charge is 0.497 e. The summed E-state index contributed by atoms with van der Waals surface area (Å²) in [6, 6.07) is 14.5. The zero-order chi connectivity index (χ0) is 20.6. The first-order valence-electron chi connectivity index (χ1n) is 8.81. The van der Waals surface area contributed by atoms with Crippen molar-refractivity contribution in [1.29, 1.82) is 0 Å². The summed E-state index contributed by atoms with van der Waals surface area (Å²) in [5.41, 5.74) is 0.710. The monoisotopic (exact) mass is 414 g/mol. The van der Waals surface area contributed by atoms with Crippen LogP contribution in [-0.2, 0) is 18.4 Å². The van der Waals surface area contributed by atoms with Gasteiger partial charge in [-0.05, 0) is 36.4 Å². The highest BCUT2D eigenvalue weighted by Gasteiger charge is 2.12. The van der Waals surface area contributed by atoms with Gasteiger partial charge in [-0.15, -0.1) is 10.2 Å². The van der Waals surface area contributed by atoms with Crippen LogP contribution in [0.15, 0.2) is 53.7 Å². The third kappa shape index (κ3) is 5.64. The van der Waals surface area contributed by atoms with Crippen LogP contribution in [0.2, 0.25) is 0 Å². The molecule has 2 aromatic carbocycles. The van der Waals surface area contributed by atoms with Crippen molar-refractivity contribution in [3.8, 4) is 17.2 Å². The number of anilines is 1. The second-order valence-corrected chi connectivity index (χ2v) is 6.93. The molecular formula is C20H22N4O4S. The molecule has 1 heterocycles. The Morgan fingerprint density at radius 3 is 2.48 bits per heavy atom. The number of hydrogen-bond donors (Lipinski definition) is 1. The van der Waals surface area contributed by atoms with Crippen molar-refractivity contribution in [2.45, 2.75) is 11.8 Å². The molecule has 0 saturated heterocycles. The maximum atomic E-state index is 12.2. The SMILES string of the molecule is COc1ccc(NC(=O)CSc2nnc(COc3cccc(OC)c3)n2C)cc1. The molecule has 1 aromatic heterocycles. The second-order valence-electron chi connectivity index (χ2n) is 5.99. The molecular weight excluding hydrogens is 392 g/mol. The predicted octanol–water partition coefficient (Wildman–Crippen LogP) is 3.14. The lowest BCUT2D eigenvalue weighted by Crippen LogP contribution is -2.14. The van der Waals surface area contributed by atoms with Crippen molar-refractivity contribution in [2.24, 2.45) is 7.05 Å². The molecule has 3 aromatic rings. The number of aromatic nitrogens is 3. The van der Waals surface area contributed by atoms with Gasteiger partial charge >= 0.3 is 0 Å². The molecule has 0 fully saturated rings. The lowest BCUT2D eigenvalue weighted by molar-refractivity contribution is -0.113. The van der Waals surface area contributed by atoms with Crippen molar-refractivity contribution in [1.82, 2.24) is 14.8 Å². The van der Waals surface area contributed by atoms with Crippen LogP contribution in [0.1, 0.15) is 5.82 Å². The average molecular weight is 414 g/mol. The molecule has 3 rings (SSSR count). The van der Waals surface area contributed by atoms with Crippen LogP contribution in [-0.4, -0.2) is 40.6 Å². The standard InChI is InChI=1S/C20H22N4O4S/c1-24-18(12-28-17-6-4-5-16(11-17)27-3)22-23-20(24)29-13-19(25)21-14-7-9-15(26-2)10-8-14/h4-11H,12-13H2,1-3H3,(H,21,25). The van der Waals surface area contributed by atoms with E-state index < -0.39 is 0 Å². The fourth-order valence-electron chi connectivity index (χ4n) is 2.44. The minimum Gasteiger partial charge on any atom is -0.497 e. The Morgan fingerprint density at radius 1 is 1.03 bits per heavy atom. The van der Waals surface area contributed by atoms with Crippen LogP contribution < -0.4 is 19.5 Å². The van der Waals surface area contributed by atoms with Crippen LogP contribution in [0.5, 0.6) is 17.2 Å². The second kappa shape index (κ2) is 9.83. The lowest BCUT2D eigenvalue weighted by Gasteiger charge is -2.08. The minimum atomic E-state index is -0.127. The van der Waals surface area contributed by atoms with E-state index in [1.54, 1.807) is 44.6 Å². The Morgan fingerprint density at radius 2 is 1.76 bits per heavy atom. The van der Waals surface area contributed by atoms with Gasteiger partial charge in [0.25, 0.3) is 0 Å². The van der Waals surface area contributed by atoms with Gasteiger partial charge in [0, 0.05) is 18.8 Å². The van der Waals surface area contributed by atoms with Gasteiger partial charge in [-0.3, -0.25) is 4.79 Å². The Bertz CT molecular complexity index is 959. The number of ether oxygens (including phenoxy) is 3. The molecule has 29 heavy (non-hydrogen) atoms. The average Bonchev–Trinajstić information content (AvgIpc) is 3.11. The number of nitrogens with one attached hydrogen (secondary N) is 1. The van der Waals surface area contributed by atoms with Crippen LogP contribution >= 0.6 is 11.8 Å². The highest BCUT2D eigenvalue weighted by Crippen LogP contribution is 2.21. The third-order valence-electron chi connectivity index (χ3n) is 4.04. The third-order valence-corrected chi connectivity index (χ3v) is 5.06. The van der Waals surface area contributed by atoms with Crippen molar-refractivity contribution >= 4 is 23.4 Å². The Labute approximate surface area is 173 Å². The van der Waals surface area contributed by atoms with Crippen LogP contribution in [0.3, 0.4) is 0 Å². The van der Waals surface area contributed by atoms with Crippen LogP contribution in [0.4, 0.5) is 5.69 Å². The predicted molar refractivity (Wildman–Crippen MR) is 111 cm³/mol. The number of rotatable bonds is 9. The molecule has 8 nitrogen and oxygen atoms in total. The minimum absolute atomic E-state index is 0.127. The van der Waals surface area contributed by atoms with E-state index in [0.717, 1.165) is 11.5 Å². The summed E-state index contributed by atoms with van der Waals surface area (Å²) in [7, 11) is 5.05. The number of thioether (sulfide) groups is 1. The summed E-state index contributed by atoms with van der Waals surface area (Å²) in [6.45, 7) is 0.259. The zero-order valence-electron chi connectivity index (χ0n) is 16.4. The molecule has 0 radical (unpaired) electrons. The number of nitrogens with zero attached hydrogens (tertiary/aromatic N) is 3.